The molecule has 88 valence electrons. The quantitative estimate of drug-likeness (QED) is 0.848. The van der Waals surface area contributed by atoms with Crippen LogP contribution in [0, 0.1) is 17.6 Å². The molecule has 0 aliphatic carbocycles. The van der Waals surface area contributed by atoms with Crippen LogP contribution in [0.25, 0.3) is 0 Å². The van der Waals surface area contributed by atoms with Crippen molar-refractivity contribution in [3.63, 3.8) is 0 Å². The highest BCUT2D eigenvalue weighted by Gasteiger charge is 2.10. The molecule has 0 aliphatic rings. The van der Waals surface area contributed by atoms with Gasteiger partial charge in [-0.05, 0) is 18.2 Å². The van der Waals surface area contributed by atoms with Crippen molar-refractivity contribution in [3.8, 4) is 0 Å². The zero-order valence-electron chi connectivity index (χ0n) is 8.35. The van der Waals surface area contributed by atoms with E-state index in [1.807, 2.05) is 0 Å². The lowest BCUT2D eigenvalue weighted by Gasteiger charge is -2.08. The molecule has 0 saturated carbocycles. The Morgan fingerprint density at radius 3 is 2.29 bits per heavy atom. The summed E-state index contributed by atoms with van der Waals surface area (Å²) in [5, 5.41) is 2.46. The molecular weight excluding hydrogens is 297 g/mol. The molecule has 0 bridgehead atoms. The lowest BCUT2D eigenvalue weighted by molar-refractivity contribution is 0.582. The number of benzene rings is 1. The third-order valence-electron chi connectivity index (χ3n) is 2.00. The molecule has 2 nitrogen and oxygen atoms in total. The van der Waals surface area contributed by atoms with Crippen LogP contribution < -0.4 is 5.32 Å². The van der Waals surface area contributed by atoms with Crippen molar-refractivity contribution in [2.24, 2.45) is 0 Å². The zero-order chi connectivity index (χ0) is 12.4. The molecule has 0 spiro atoms. The molecule has 0 aliphatic heterocycles. The van der Waals surface area contributed by atoms with Crippen molar-refractivity contribution in [1.82, 2.24) is 4.98 Å². The van der Waals surface area contributed by atoms with Crippen LogP contribution in [0.3, 0.4) is 0 Å². The second kappa shape index (κ2) is 4.75. The van der Waals surface area contributed by atoms with E-state index < -0.39 is 17.6 Å². The van der Waals surface area contributed by atoms with E-state index >= 15 is 0 Å². The Bertz CT molecular complexity index is 537. The van der Waals surface area contributed by atoms with Gasteiger partial charge in [-0.1, -0.05) is 15.9 Å². The molecule has 2 aromatic rings. The van der Waals surface area contributed by atoms with Crippen LogP contribution in [-0.4, -0.2) is 4.98 Å². The molecule has 1 N–H and O–H groups in total. The molecule has 0 atom stereocenters. The van der Waals surface area contributed by atoms with Gasteiger partial charge in [0.15, 0.2) is 11.6 Å². The highest BCUT2D eigenvalue weighted by Crippen LogP contribution is 2.26. The standard InChI is InChI=1S/C11H6BrF3N2/c12-6-3-8(13)11(9(14)4-6)17-7-1-2-16-10(15)5-7/h1-5H,(H,16,17). The van der Waals surface area contributed by atoms with Gasteiger partial charge < -0.3 is 5.32 Å². The molecule has 1 heterocycles. The Balaban J connectivity index is 2.36. The number of nitrogens with one attached hydrogen (secondary N) is 1. The van der Waals surface area contributed by atoms with E-state index in [1.165, 1.54) is 12.3 Å². The number of halogens is 4. The summed E-state index contributed by atoms with van der Waals surface area (Å²) in [5.74, 6) is -2.27. The lowest BCUT2D eigenvalue weighted by atomic mass is 10.2. The number of hydrogen-bond acceptors (Lipinski definition) is 2. The van der Waals surface area contributed by atoms with Crippen LogP contribution in [0.2, 0.25) is 0 Å². The lowest BCUT2D eigenvalue weighted by Crippen LogP contribution is -1.98. The first-order valence-electron chi connectivity index (χ1n) is 4.59. The SMILES string of the molecule is Fc1cc(Nc2c(F)cc(Br)cc2F)ccn1. The van der Waals surface area contributed by atoms with Crippen LogP contribution in [0.4, 0.5) is 24.5 Å². The average molecular weight is 303 g/mol. The molecule has 1 aromatic heterocycles. The van der Waals surface area contributed by atoms with Crippen LogP contribution in [0.5, 0.6) is 0 Å². The van der Waals surface area contributed by atoms with E-state index in [-0.39, 0.29) is 11.4 Å². The van der Waals surface area contributed by atoms with Gasteiger partial charge >= 0.3 is 0 Å². The van der Waals surface area contributed by atoms with Crippen molar-refractivity contribution >= 4 is 27.3 Å². The predicted octanol–water partition coefficient (Wildman–Crippen LogP) is 4.01. The van der Waals surface area contributed by atoms with Gasteiger partial charge in [0, 0.05) is 22.4 Å². The smallest absolute Gasteiger partial charge is 0.214 e. The first kappa shape index (κ1) is 11.9. The number of rotatable bonds is 2. The Morgan fingerprint density at radius 2 is 1.71 bits per heavy atom. The molecule has 2 rings (SSSR count). The highest BCUT2D eigenvalue weighted by atomic mass is 79.9. The fraction of sp³-hybridized carbons (Fsp3) is 0. The van der Waals surface area contributed by atoms with E-state index in [9.17, 15) is 13.2 Å². The summed E-state index contributed by atoms with van der Waals surface area (Å²) >= 11 is 2.97. The maximum Gasteiger partial charge on any atom is 0.214 e. The summed E-state index contributed by atoms with van der Waals surface area (Å²) in [4.78, 5) is 3.34. The number of anilines is 2. The third-order valence-corrected chi connectivity index (χ3v) is 2.46. The van der Waals surface area contributed by atoms with Crippen LogP contribution >= 0.6 is 15.9 Å². The molecule has 0 fully saturated rings. The van der Waals surface area contributed by atoms with Crippen molar-refractivity contribution in [3.05, 3.63) is 52.5 Å². The topological polar surface area (TPSA) is 24.9 Å². The first-order chi connectivity index (χ1) is 8.06. The Morgan fingerprint density at radius 1 is 1.06 bits per heavy atom. The zero-order valence-corrected chi connectivity index (χ0v) is 9.93. The molecule has 1 aromatic carbocycles. The summed E-state index contributed by atoms with van der Waals surface area (Å²) in [6.45, 7) is 0. The highest BCUT2D eigenvalue weighted by molar-refractivity contribution is 9.10. The minimum Gasteiger partial charge on any atom is -0.351 e. The summed E-state index contributed by atoms with van der Waals surface area (Å²) in [7, 11) is 0. The number of aromatic nitrogens is 1. The van der Waals surface area contributed by atoms with Crippen LogP contribution in [0.1, 0.15) is 0 Å². The number of nitrogens with zero attached hydrogens (tertiary/aromatic N) is 1. The minimum atomic E-state index is -0.769. The second-order valence-corrected chi connectivity index (χ2v) is 4.15. The van der Waals surface area contributed by atoms with Gasteiger partial charge in [-0.15, -0.1) is 0 Å². The Kier molecular flexibility index (Phi) is 3.33. The second-order valence-electron chi connectivity index (χ2n) is 3.24. The van der Waals surface area contributed by atoms with Gasteiger partial charge in [0.05, 0.1) is 0 Å². The normalized spacial score (nSPS) is 10.4. The summed E-state index contributed by atoms with van der Waals surface area (Å²) in [6, 6.07) is 4.68. The summed E-state index contributed by atoms with van der Waals surface area (Å²) in [6.07, 6.45) is 1.20. The molecular formula is C11H6BrF3N2. The third kappa shape index (κ3) is 2.76. The summed E-state index contributed by atoms with van der Waals surface area (Å²) in [5.41, 5.74) is -0.114. The largest absolute Gasteiger partial charge is 0.351 e. The van der Waals surface area contributed by atoms with Crippen LogP contribution in [-0.2, 0) is 0 Å². The van der Waals surface area contributed by atoms with Crippen molar-refractivity contribution in [2.75, 3.05) is 5.32 Å². The minimum absolute atomic E-state index is 0.220. The maximum absolute atomic E-state index is 13.5. The van der Waals surface area contributed by atoms with Crippen molar-refractivity contribution in [2.45, 2.75) is 0 Å². The van der Waals surface area contributed by atoms with Gasteiger partial charge in [0.1, 0.15) is 5.69 Å². The van der Waals surface area contributed by atoms with Gasteiger partial charge in [-0.3, -0.25) is 0 Å². The first-order valence-corrected chi connectivity index (χ1v) is 5.38. The predicted molar refractivity (Wildman–Crippen MR) is 61.5 cm³/mol. The van der Waals surface area contributed by atoms with Gasteiger partial charge in [0.25, 0.3) is 0 Å². The Hall–Kier alpha value is -1.56. The fourth-order valence-electron chi connectivity index (χ4n) is 1.29. The molecule has 0 radical (unpaired) electrons. The van der Waals surface area contributed by atoms with E-state index in [0.717, 1.165) is 18.2 Å². The van der Waals surface area contributed by atoms with E-state index in [2.05, 4.69) is 26.2 Å². The fourth-order valence-corrected chi connectivity index (χ4v) is 1.69. The number of pyridine rings is 1. The maximum atomic E-state index is 13.5. The molecule has 0 unspecified atom stereocenters. The van der Waals surface area contributed by atoms with Gasteiger partial charge in [0.2, 0.25) is 5.95 Å². The number of hydrogen-bond donors (Lipinski definition) is 1. The van der Waals surface area contributed by atoms with Crippen LogP contribution in [0.15, 0.2) is 34.9 Å². The Labute approximate surface area is 104 Å². The molecule has 0 amide bonds. The molecule has 6 heteroatoms. The van der Waals surface area contributed by atoms with Crippen molar-refractivity contribution < 1.29 is 13.2 Å². The summed E-state index contributed by atoms with van der Waals surface area (Å²) < 4.78 is 40.0. The molecule has 0 saturated heterocycles. The van der Waals surface area contributed by atoms with Gasteiger partial charge in [-0.2, -0.15) is 4.39 Å². The average Bonchev–Trinajstić information content (AvgIpc) is 2.23. The van der Waals surface area contributed by atoms with E-state index in [0.29, 0.717) is 4.47 Å². The molecule has 17 heavy (non-hydrogen) atoms. The van der Waals surface area contributed by atoms with E-state index in [4.69, 9.17) is 0 Å². The van der Waals surface area contributed by atoms with Crippen molar-refractivity contribution in [1.29, 1.82) is 0 Å². The monoisotopic (exact) mass is 302 g/mol. The van der Waals surface area contributed by atoms with Gasteiger partial charge in [-0.25, -0.2) is 13.8 Å². The van der Waals surface area contributed by atoms with E-state index in [1.54, 1.807) is 0 Å².